The van der Waals surface area contributed by atoms with Crippen LogP contribution in [0.1, 0.15) is 41.4 Å². The summed E-state index contributed by atoms with van der Waals surface area (Å²) in [5.74, 6) is 0.0472. The SMILES string of the molecule is COC(=O)c1cc(CN(C)C(=O)Cc2csc(NC(=O)C(C)C)n2)oc1C. The predicted octanol–water partition coefficient (Wildman–Crippen LogP) is 2.63. The Kier molecular flexibility index (Phi) is 6.73. The van der Waals surface area contributed by atoms with E-state index in [1.807, 2.05) is 0 Å². The van der Waals surface area contributed by atoms with Crippen molar-refractivity contribution in [3.05, 3.63) is 34.2 Å². The van der Waals surface area contributed by atoms with Crippen LogP contribution in [-0.2, 0) is 27.3 Å². The lowest BCUT2D eigenvalue weighted by atomic mass is 10.2. The molecule has 0 aliphatic carbocycles. The largest absolute Gasteiger partial charge is 0.465 e. The van der Waals surface area contributed by atoms with Gasteiger partial charge in [0.15, 0.2) is 5.13 Å². The van der Waals surface area contributed by atoms with Crippen LogP contribution in [0.25, 0.3) is 0 Å². The number of esters is 1. The number of amides is 2. The number of ether oxygens (including phenoxy) is 1. The van der Waals surface area contributed by atoms with E-state index >= 15 is 0 Å². The standard InChI is InChI=1S/C18H23N3O5S/c1-10(2)16(23)20-18-19-12(9-27-18)6-15(22)21(4)8-13-7-14(11(3)26-13)17(24)25-5/h7,9-10H,6,8H2,1-5H3,(H,19,20,23). The van der Waals surface area contributed by atoms with Gasteiger partial charge in [-0.1, -0.05) is 13.8 Å². The number of thiazole rings is 1. The maximum atomic E-state index is 12.4. The fourth-order valence-corrected chi connectivity index (χ4v) is 2.95. The lowest BCUT2D eigenvalue weighted by Gasteiger charge is -2.14. The van der Waals surface area contributed by atoms with E-state index < -0.39 is 5.97 Å². The Morgan fingerprint density at radius 3 is 2.70 bits per heavy atom. The van der Waals surface area contributed by atoms with Crippen molar-refractivity contribution in [2.75, 3.05) is 19.5 Å². The van der Waals surface area contributed by atoms with Crippen LogP contribution in [-0.4, -0.2) is 41.8 Å². The first kappa shape index (κ1) is 20.6. The molecule has 0 fully saturated rings. The molecule has 0 aromatic carbocycles. The van der Waals surface area contributed by atoms with Crippen molar-refractivity contribution >= 4 is 34.3 Å². The van der Waals surface area contributed by atoms with E-state index in [0.717, 1.165) is 0 Å². The van der Waals surface area contributed by atoms with Crippen LogP contribution in [0.15, 0.2) is 15.9 Å². The molecule has 0 spiro atoms. The van der Waals surface area contributed by atoms with Gasteiger partial charge in [-0.05, 0) is 13.0 Å². The topological polar surface area (TPSA) is 102 Å². The second kappa shape index (κ2) is 8.81. The molecule has 2 aromatic heterocycles. The van der Waals surface area contributed by atoms with Crippen molar-refractivity contribution in [1.82, 2.24) is 9.88 Å². The number of hydrogen-bond acceptors (Lipinski definition) is 7. The number of aryl methyl sites for hydroxylation is 1. The number of nitrogens with one attached hydrogen (secondary N) is 1. The van der Waals surface area contributed by atoms with Crippen LogP contribution in [0.2, 0.25) is 0 Å². The van der Waals surface area contributed by atoms with Gasteiger partial charge >= 0.3 is 5.97 Å². The van der Waals surface area contributed by atoms with Crippen LogP contribution >= 0.6 is 11.3 Å². The van der Waals surface area contributed by atoms with E-state index in [9.17, 15) is 14.4 Å². The van der Waals surface area contributed by atoms with Gasteiger partial charge in [0.25, 0.3) is 0 Å². The molecule has 2 amide bonds. The fraction of sp³-hybridized carbons (Fsp3) is 0.444. The zero-order valence-corrected chi connectivity index (χ0v) is 16.8. The molecular formula is C18H23N3O5S. The average Bonchev–Trinajstić information content (AvgIpc) is 3.20. The van der Waals surface area contributed by atoms with Gasteiger partial charge in [0, 0.05) is 18.3 Å². The molecule has 9 heteroatoms. The molecule has 0 aliphatic heterocycles. The summed E-state index contributed by atoms with van der Waals surface area (Å²) >= 11 is 1.28. The summed E-state index contributed by atoms with van der Waals surface area (Å²) in [7, 11) is 2.95. The van der Waals surface area contributed by atoms with E-state index in [2.05, 4.69) is 15.0 Å². The fourth-order valence-electron chi connectivity index (χ4n) is 2.24. The second-order valence-corrected chi connectivity index (χ2v) is 7.25. The number of likely N-dealkylation sites (N-methyl/N-ethyl adjacent to an activating group) is 1. The summed E-state index contributed by atoms with van der Waals surface area (Å²) in [5.41, 5.74) is 0.931. The number of rotatable bonds is 7. The summed E-state index contributed by atoms with van der Waals surface area (Å²) in [6.07, 6.45) is 0.105. The molecule has 1 N–H and O–H groups in total. The molecule has 0 saturated carbocycles. The highest BCUT2D eigenvalue weighted by molar-refractivity contribution is 7.13. The minimum absolute atomic E-state index is 0.105. The summed E-state index contributed by atoms with van der Waals surface area (Å²) in [4.78, 5) is 41.5. The first-order valence-corrected chi connectivity index (χ1v) is 9.26. The highest BCUT2D eigenvalue weighted by atomic mass is 32.1. The minimum Gasteiger partial charge on any atom is -0.465 e. The number of anilines is 1. The molecule has 0 bridgehead atoms. The van der Waals surface area contributed by atoms with Crippen molar-refractivity contribution in [2.24, 2.45) is 5.92 Å². The zero-order chi connectivity index (χ0) is 20.1. The highest BCUT2D eigenvalue weighted by Crippen LogP contribution is 2.19. The quantitative estimate of drug-likeness (QED) is 0.726. The van der Waals surface area contributed by atoms with Crippen LogP contribution in [0.5, 0.6) is 0 Å². The first-order valence-electron chi connectivity index (χ1n) is 8.38. The van der Waals surface area contributed by atoms with Crippen molar-refractivity contribution in [2.45, 2.75) is 33.7 Å². The molecule has 146 valence electrons. The minimum atomic E-state index is -0.477. The van der Waals surface area contributed by atoms with Crippen molar-refractivity contribution < 1.29 is 23.5 Å². The zero-order valence-electron chi connectivity index (χ0n) is 16.0. The van der Waals surface area contributed by atoms with Gasteiger partial charge in [0.05, 0.1) is 25.8 Å². The molecule has 0 unspecified atom stereocenters. The van der Waals surface area contributed by atoms with Gasteiger partial charge in [-0.2, -0.15) is 0 Å². The molecule has 2 heterocycles. The number of methoxy groups -OCH3 is 1. The third kappa shape index (κ3) is 5.40. The number of carbonyl (C=O) groups is 3. The highest BCUT2D eigenvalue weighted by Gasteiger charge is 2.19. The maximum absolute atomic E-state index is 12.4. The van der Waals surface area contributed by atoms with Gasteiger partial charge in [-0.15, -0.1) is 11.3 Å². The molecule has 0 radical (unpaired) electrons. The van der Waals surface area contributed by atoms with Gasteiger partial charge in [0.1, 0.15) is 17.1 Å². The molecular weight excluding hydrogens is 370 g/mol. The summed E-state index contributed by atoms with van der Waals surface area (Å²) < 4.78 is 10.2. The Bertz CT molecular complexity index is 840. The predicted molar refractivity (Wildman–Crippen MR) is 101 cm³/mol. The Morgan fingerprint density at radius 1 is 1.37 bits per heavy atom. The van der Waals surface area contributed by atoms with Gasteiger partial charge in [-0.25, -0.2) is 9.78 Å². The molecule has 0 aliphatic rings. The molecule has 0 saturated heterocycles. The van der Waals surface area contributed by atoms with Crippen molar-refractivity contribution in [3.63, 3.8) is 0 Å². The van der Waals surface area contributed by atoms with Crippen LogP contribution in [0.3, 0.4) is 0 Å². The van der Waals surface area contributed by atoms with Crippen LogP contribution < -0.4 is 5.32 Å². The Morgan fingerprint density at radius 2 is 2.07 bits per heavy atom. The third-order valence-corrected chi connectivity index (χ3v) is 4.64. The number of furan rings is 1. The van der Waals surface area contributed by atoms with Gasteiger partial charge in [-0.3, -0.25) is 9.59 Å². The summed E-state index contributed by atoms with van der Waals surface area (Å²) in [6, 6.07) is 1.58. The molecule has 2 rings (SSSR count). The number of aromatic nitrogens is 1. The van der Waals surface area contributed by atoms with Crippen molar-refractivity contribution in [1.29, 1.82) is 0 Å². The molecule has 2 aromatic rings. The van der Waals surface area contributed by atoms with Crippen LogP contribution in [0, 0.1) is 12.8 Å². The molecule has 8 nitrogen and oxygen atoms in total. The smallest absolute Gasteiger partial charge is 0.341 e. The summed E-state index contributed by atoms with van der Waals surface area (Å²) in [6.45, 7) is 5.48. The van der Waals surface area contributed by atoms with E-state index in [1.165, 1.54) is 23.3 Å². The number of hydrogen-bond donors (Lipinski definition) is 1. The Hall–Kier alpha value is -2.68. The van der Waals surface area contributed by atoms with E-state index in [-0.39, 0.29) is 30.7 Å². The van der Waals surface area contributed by atoms with E-state index in [1.54, 1.807) is 39.3 Å². The number of carbonyl (C=O) groups excluding carboxylic acids is 3. The number of nitrogens with zero attached hydrogens (tertiary/aromatic N) is 2. The lowest BCUT2D eigenvalue weighted by molar-refractivity contribution is -0.130. The Labute approximate surface area is 161 Å². The van der Waals surface area contributed by atoms with Gasteiger partial charge < -0.3 is 19.4 Å². The monoisotopic (exact) mass is 393 g/mol. The molecule has 0 atom stereocenters. The first-order chi connectivity index (χ1) is 12.7. The lowest BCUT2D eigenvalue weighted by Crippen LogP contribution is -2.27. The summed E-state index contributed by atoms with van der Waals surface area (Å²) in [5, 5.41) is 4.93. The average molecular weight is 393 g/mol. The van der Waals surface area contributed by atoms with Crippen LogP contribution in [0.4, 0.5) is 5.13 Å². The molecule has 27 heavy (non-hydrogen) atoms. The second-order valence-electron chi connectivity index (χ2n) is 6.39. The third-order valence-electron chi connectivity index (χ3n) is 3.83. The van der Waals surface area contributed by atoms with Gasteiger partial charge in [0.2, 0.25) is 11.8 Å². The maximum Gasteiger partial charge on any atom is 0.341 e. The van der Waals surface area contributed by atoms with E-state index in [4.69, 9.17) is 4.42 Å². The van der Waals surface area contributed by atoms with E-state index in [0.29, 0.717) is 27.9 Å². The Balaban J connectivity index is 1.95. The normalized spacial score (nSPS) is 10.7. The van der Waals surface area contributed by atoms with Crippen molar-refractivity contribution in [3.8, 4) is 0 Å².